The predicted octanol–water partition coefficient (Wildman–Crippen LogP) is 11.4. The highest BCUT2D eigenvalue weighted by Crippen LogP contribution is 2.44. The number of hydrogen-bond acceptors (Lipinski definition) is 1. The molecule has 1 atom stereocenters. The van der Waals surface area contributed by atoms with E-state index in [4.69, 9.17) is 0 Å². The average Bonchev–Trinajstić information content (AvgIpc) is 2.96. The molecule has 0 saturated carbocycles. The summed E-state index contributed by atoms with van der Waals surface area (Å²) in [6.07, 6.45) is 0. The molecule has 1 unspecified atom stereocenters. The van der Waals surface area contributed by atoms with E-state index in [-0.39, 0.29) is 10.8 Å². The Morgan fingerprint density at radius 1 is 0.429 bits per heavy atom. The van der Waals surface area contributed by atoms with Crippen LogP contribution in [0.5, 0.6) is 0 Å². The Bertz CT molecular complexity index is 1670. The third-order valence-corrected chi connectivity index (χ3v) is 9.10. The van der Waals surface area contributed by atoms with E-state index >= 15 is 0 Å². The highest BCUT2D eigenvalue weighted by atomic mass is 79.9. The van der Waals surface area contributed by atoms with Crippen molar-refractivity contribution in [2.24, 2.45) is 0 Å². The maximum absolute atomic E-state index is 13.0. The van der Waals surface area contributed by atoms with Gasteiger partial charge in [-0.3, -0.25) is 0 Å². The molecule has 0 aliphatic heterocycles. The van der Waals surface area contributed by atoms with E-state index in [1.807, 2.05) is 24.3 Å². The predicted molar refractivity (Wildman–Crippen MR) is 185 cm³/mol. The highest BCUT2D eigenvalue weighted by molar-refractivity contribution is 9.10. The van der Waals surface area contributed by atoms with Gasteiger partial charge in [-0.1, -0.05) is 164 Å². The third-order valence-electron chi connectivity index (χ3n) is 8.08. The van der Waals surface area contributed by atoms with Crippen LogP contribution in [0.25, 0.3) is 22.3 Å². The van der Waals surface area contributed by atoms with E-state index in [2.05, 4.69) is 164 Å². The van der Waals surface area contributed by atoms with Crippen LogP contribution in [0, 0.1) is 0 Å². The van der Waals surface area contributed by atoms with Crippen LogP contribution in [0.4, 0.5) is 0 Å². The molecule has 5 aromatic carbocycles. The van der Waals surface area contributed by atoms with Gasteiger partial charge in [0, 0.05) is 14.5 Å². The summed E-state index contributed by atoms with van der Waals surface area (Å²) in [6, 6.07) is 40.0. The summed E-state index contributed by atoms with van der Waals surface area (Å²) in [5, 5.41) is 13.0. The first-order chi connectivity index (χ1) is 19.8. The SMILES string of the molecule is CC(C)(C)c1ccc(-c2ccc(C(O)(c3ccc(C(C)(C)C)cc3)c3cc(Br)ccc3-c3ccc(Br)cc3)cc2)cc1. The lowest BCUT2D eigenvalue weighted by molar-refractivity contribution is 0.126. The van der Waals surface area contributed by atoms with E-state index in [9.17, 15) is 5.11 Å². The number of hydrogen-bond donors (Lipinski definition) is 1. The topological polar surface area (TPSA) is 20.2 Å². The van der Waals surface area contributed by atoms with E-state index in [0.717, 1.165) is 47.9 Å². The van der Waals surface area contributed by atoms with Crippen molar-refractivity contribution < 1.29 is 5.11 Å². The Labute approximate surface area is 267 Å². The van der Waals surface area contributed by atoms with Gasteiger partial charge in [-0.05, 0) is 79.6 Å². The number of benzene rings is 5. The minimum Gasteiger partial charge on any atom is -0.376 e. The summed E-state index contributed by atoms with van der Waals surface area (Å²) < 4.78 is 1.93. The molecular formula is C39H38Br2O. The Kier molecular flexibility index (Phi) is 8.42. The van der Waals surface area contributed by atoms with Gasteiger partial charge in [0.05, 0.1) is 0 Å². The van der Waals surface area contributed by atoms with Gasteiger partial charge in [-0.2, -0.15) is 0 Å². The molecule has 0 aliphatic rings. The molecule has 42 heavy (non-hydrogen) atoms. The van der Waals surface area contributed by atoms with Gasteiger partial charge in [0.2, 0.25) is 0 Å². The molecule has 0 saturated heterocycles. The van der Waals surface area contributed by atoms with Crippen LogP contribution >= 0.6 is 31.9 Å². The van der Waals surface area contributed by atoms with Gasteiger partial charge in [-0.25, -0.2) is 0 Å². The first-order valence-corrected chi connectivity index (χ1v) is 16.0. The first-order valence-electron chi connectivity index (χ1n) is 14.4. The Balaban J connectivity index is 1.67. The average molecular weight is 683 g/mol. The molecule has 0 aliphatic carbocycles. The molecule has 1 N–H and O–H groups in total. The minimum absolute atomic E-state index is 0.0131. The van der Waals surface area contributed by atoms with Crippen molar-refractivity contribution in [1.29, 1.82) is 0 Å². The second kappa shape index (κ2) is 11.6. The summed E-state index contributed by atoms with van der Waals surface area (Å²) in [4.78, 5) is 0. The molecule has 214 valence electrons. The van der Waals surface area contributed by atoms with Crippen molar-refractivity contribution in [3.8, 4) is 22.3 Å². The zero-order valence-corrected chi connectivity index (χ0v) is 28.3. The maximum Gasteiger partial charge on any atom is 0.141 e. The molecule has 0 amide bonds. The third kappa shape index (κ3) is 6.20. The van der Waals surface area contributed by atoms with E-state index in [1.165, 1.54) is 11.1 Å². The molecular weight excluding hydrogens is 644 g/mol. The van der Waals surface area contributed by atoms with Crippen molar-refractivity contribution in [2.75, 3.05) is 0 Å². The van der Waals surface area contributed by atoms with E-state index in [0.29, 0.717) is 0 Å². The second-order valence-electron chi connectivity index (χ2n) is 13.1. The van der Waals surface area contributed by atoms with Gasteiger partial charge in [0.1, 0.15) is 5.60 Å². The highest BCUT2D eigenvalue weighted by Gasteiger charge is 2.36. The summed E-state index contributed by atoms with van der Waals surface area (Å²) in [5.74, 6) is 0. The van der Waals surface area contributed by atoms with Crippen molar-refractivity contribution in [3.05, 3.63) is 152 Å². The molecule has 3 heteroatoms. The second-order valence-corrected chi connectivity index (χ2v) is 15.0. The minimum atomic E-state index is -1.39. The van der Waals surface area contributed by atoms with Crippen molar-refractivity contribution in [1.82, 2.24) is 0 Å². The van der Waals surface area contributed by atoms with Gasteiger partial charge in [0.25, 0.3) is 0 Å². The van der Waals surface area contributed by atoms with Crippen LogP contribution in [-0.4, -0.2) is 5.11 Å². The summed E-state index contributed by atoms with van der Waals surface area (Å²) in [7, 11) is 0. The fourth-order valence-electron chi connectivity index (χ4n) is 5.45. The van der Waals surface area contributed by atoms with Crippen LogP contribution in [-0.2, 0) is 16.4 Å². The number of halogens is 2. The van der Waals surface area contributed by atoms with Crippen molar-refractivity contribution in [3.63, 3.8) is 0 Å². The van der Waals surface area contributed by atoms with Crippen LogP contribution in [0.1, 0.15) is 69.4 Å². The molecule has 0 aromatic heterocycles. The van der Waals surface area contributed by atoms with Crippen LogP contribution in [0.15, 0.2) is 124 Å². The number of aliphatic hydroxyl groups is 1. The molecule has 5 aromatic rings. The monoisotopic (exact) mass is 680 g/mol. The molecule has 0 bridgehead atoms. The zero-order chi connectivity index (χ0) is 30.3. The van der Waals surface area contributed by atoms with Gasteiger partial charge < -0.3 is 5.11 Å². The van der Waals surface area contributed by atoms with Gasteiger partial charge >= 0.3 is 0 Å². The lowest BCUT2D eigenvalue weighted by atomic mass is 9.76. The molecule has 1 nitrogen and oxygen atoms in total. The standard InChI is InChI=1S/C39H38Br2O/c1-37(2,3)29-13-7-26(8-14-29)27-9-15-31(16-10-27)39(42,32-19-17-30(18-20-32)38(4,5)6)36-25-34(41)23-24-35(36)28-11-21-33(40)22-12-28/h7-25,42H,1-6H3. The van der Waals surface area contributed by atoms with Crippen LogP contribution in [0.2, 0.25) is 0 Å². The lowest BCUT2D eigenvalue weighted by Crippen LogP contribution is -2.30. The summed E-state index contributed by atoms with van der Waals surface area (Å²) in [5.41, 5.74) is 8.04. The van der Waals surface area contributed by atoms with Gasteiger partial charge in [-0.15, -0.1) is 0 Å². The molecule has 0 spiro atoms. The van der Waals surface area contributed by atoms with Crippen LogP contribution < -0.4 is 0 Å². The largest absolute Gasteiger partial charge is 0.376 e. The Morgan fingerprint density at radius 3 is 1.24 bits per heavy atom. The van der Waals surface area contributed by atoms with Crippen LogP contribution in [0.3, 0.4) is 0 Å². The smallest absolute Gasteiger partial charge is 0.141 e. The van der Waals surface area contributed by atoms with E-state index < -0.39 is 5.60 Å². The van der Waals surface area contributed by atoms with E-state index in [1.54, 1.807) is 0 Å². The zero-order valence-electron chi connectivity index (χ0n) is 25.2. The Hall–Kier alpha value is -2.98. The fraction of sp³-hybridized carbons (Fsp3) is 0.231. The normalized spacial score (nSPS) is 13.5. The maximum atomic E-state index is 13.0. The molecule has 0 fully saturated rings. The fourth-order valence-corrected chi connectivity index (χ4v) is 6.08. The van der Waals surface area contributed by atoms with Gasteiger partial charge in [0.15, 0.2) is 0 Å². The Morgan fingerprint density at radius 2 is 0.786 bits per heavy atom. The first kappa shape index (κ1) is 30.5. The molecule has 5 rings (SSSR count). The summed E-state index contributed by atoms with van der Waals surface area (Å²) >= 11 is 7.27. The molecule has 0 heterocycles. The quantitative estimate of drug-likeness (QED) is 0.183. The summed E-state index contributed by atoms with van der Waals surface area (Å²) in [6.45, 7) is 13.3. The molecule has 0 radical (unpaired) electrons. The lowest BCUT2D eigenvalue weighted by Gasteiger charge is -2.33. The van der Waals surface area contributed by atoms with Crippen molar-refractivity contribution in [2.45, 2.75) is 58.0 Å². The van der Waals surface area contributed by atoms with Crippen molar-refractivity contribution >= 4 is 31.9 Å². The number of rotatable bonds is 5.